The normalized spacial score (nSPS) is 15.0. The SMILES string of the molecule is Cc1cccc2sc(OC3CCN(C(=O)c4cccc(N(C)C)c4)CC3)nc12. The van der Waals surface area contributed by atoms with Crippen LogP contribution in [0.3, 0.4) is 0 Å². The minimum absolute atomic E-state index is 0.0951. The smallest absolute Gasteiger partial charge is 0.274 e. The van der Waals surface area contributed by atoms with E-state index in [1.807, 2.05) is 48.2 Å². The maximum atomic E-state index is 12.9. The Bertz CT molecular complexity index is 990. The molecule has 1 aliphatic rings. The molecule has 2 heterocycles. The van der Waals surface area contributed by atoms with Gasteiger partial charge in [0.15, 0.2) is 0 Å². The second kappa shape index (κ2) is 7.80. The zero-order valence-electron chi connectivity index (χ0n) is 16.5. The molecule has 1 aliphatic heterocycles. The van der Waals surface area contributed by atoms with Crippen LogP contribution in [0.15, 0.2) is 42.5 Å². The van der Waals surface area contributed by atoms with Crippen LogP contribution in [0, 0.1) is 6.92 Å². The molecule has 0 saturated carbocycles. The highest BCUT2D eigenvalue weighted by molar-refractivity contribution is 7.20. The van der Waals surface area contributed by atoms with Crippen molar-refractivity contribution in [3.05, 3.63) is 53.6 Å². The predicted molar refractivity (Wildman–Crippen MR) is 115 cm³/mol. The molecule has 6 heteroatoms. The lowest BCUT2D eigenvalue weighted by Gasteiger charge is -2.31. The molecule has 4 rings (SSSR count). The number of ether oxygens (including phenoxy) is 1. The quantitative estimate of drug-likeness (QED) is 0.659. The van der Waals surface area contributed by atoms with E-state index in [1.165, 1.54) is 5.56 Å². The number of aryl methyl sites for hydroxylation is 1. The van der Waals surface area contributed by atoms with Gasteiger partial charge in [-0.15, -0.1) is 0 Å². The Balaban J connectivity index is 1.38. The number of fused-ring (bicyclic) bond motifs is 1. The van der Waals surface area contributed by atoms with Gasteiger partial charge in [0.2, 0.25) is 0 Å². The molecule has 146 valence electrons. The third kappa shape index (κ3) is 3.83. The van der Waals surface area contributed by atoms with Crippen molar-refractivity contribution in [1.82, 2.24) is 9.88 Å². The van der Waals surface area contributed by atoms with Crippen LogP contribution in [0.2, 0.25) is 0 Å². The molecule has 1 saturated heterocycles. The van der Waals surface area contributed by atoms with E-state index in [4.69, 9.17) is 4.74 Å². The summed E-state index contributed by atoms with van der Waals surface area (Å²) in [4.78, 5) is 21.4. The number of benzene rings is 2. The molecule has 2 aromatic carbocycles. The Kier molecular flexibility index (Phi) is 5.22. The van der Waals surface area contributed by atoms with Crippen LogP contribution in [0.4, 0.5) is 5.69 Å². The van der Waals surface area contributed by atoms with Crippen LogP contribution in [0.1, 0.15) is 28.8 Å². The molecule has 0 bridgehead atoms. The molecular weight excluding hydrogens is 370 g/mol. The van der Waals surface area contributed by atoms with E-state index < -0.39 is 0 Å². The topological polar surface area (TPSA) is 45.7 Å². The van der Waals surface area contributed by atoms with Gasteiger partial charge >= 0.3 is 0 Å². The molecule has 0 unspecified atom stereocenters. The number of anilines is 1. The minimum Gasteiger partial charge on any atom is -0.467 e. The van der Waals surface area contributed by atoms with Crippen LogP contribution in [-0.2, 0) is 0 Å². The van der Waals surface area contributed by atoms with Crippen LogP contribution < -0.4 is 9.64 Å². The Labute approximate surface area is 169 Å². The zero-order valence-corrected chi connectivity index (χ0v) is 17.3. The molecular formula is C22H25N3O2S. The molecule has 0 atom stereocenters. The number of nitrogens with zero attached hydrogens (tertiary/aromatic N) is 3. The van der Waals surface area contributed by atoms with Gasteiger partial charge in [-0.25, -0.2) is 4.98 Å². The van der Waals surface area contributed by atoms with Crippen molar-refractivity contribution in [3.8, 4) is 5.19 Å². The summed E-state index contributed by atoms with van der Waals surface area (Å²) >= 11 is 1.59. The summed E-state index contributed by atoms with van der Waals surface area (Å²) in [7, 11) is 3.96. The highest BCUT2D eigenvalue weighted by Gasteiger charge is 2.25. The fourth-order valence-corrected chi connectivity index (χ4v) is 4.49. The first-order valence-electron chi connectivity index (χ1n) is 9.61. The maximum Gasteiger partial charge on any atom is 0.274 e. The summed E-state index contributed by atoms with van der Waals surface area (Å²) < 4.78 is 7.30. The van der Waals surface area contributed by atoms with Crippen LogP contribution in [-0.4, -0.2) is 49.1 Å². The summed E-state index contributed by atoms with van der Waals surface area (Å²) in [6.07, 6.45) is 1.76. The fraction of sp³-hybridized carbons (Fsp3) is 0.364. The monoisotopic (exact) mass is 395 g/mol. The largest absolute Gasteiger partial charge is 0.467 e. The van der Waals surface area contributed by atoms with Gasteiger partial charge < -0.3 is 14.5 Å². The van der Waals surface area contributed by atoms with Crippen LogP contribution in [0.25, 0.3) is 10.2 Å². The second-order valence-electron chi connectivity index (χ2n) is 7.46. The Hall–Kier alpha value is -2.60. The van der Waals surface area contributed by atoms with Crippen molar-refractivity contribution >= 4 is 33.1 Å². The highest BCUT2D eigenvalue weighted by atomic mass is 32.1. The number of rotatable bonds is 4. The first-order chi connectivity index (χ1) is 13.5. The van der Waals surface area contributed by atoms with E-state index in [2.05, 4.69) is 30.1 Å². The van der Waals surface area contributed by atoms with Crippen molar-refractivity contribution in [1.29, 1.82) is 0 Å². The summed E-state index contributed by atoms with van der Waals surface area (Å²) in [6.45, 7) is 3.49. The molecule has 0 radical (unpaired) electrons. The average Bonchev–Trinajstić information content (AvgIpc) is 3.12. The third-order valence-electron chi connectivity index (χ3n) is 5.21. The summed E-state index contributed by atoms with van der Waals surface area (Å²) in [5, 5.41) is 0.729. The Morgan fingerprint density at radius 1 is 1.18 bits per heavy atom. The maximum absolute atomic E-state index is 12.9. The molecule has 0 N–H and O–H groups in total. The van der Waals surface area contributed by atoms with Crippen LogP contribution >= 0.6 is 11.3 Å². The molecule has 1 aromatic heterocycles. The van der Waals surface area contributed by atoms with Crippen molar-refractivity contribution in [3.63, 3.8) is 0 Å². The van der Waals surface area contributed by atoms with Crippen molar-refractivity contribution in [2.24, 2.45) is 0 Å². The van der Waals surface area contributed by atoms with Gasteiger partial charge in [-0.05, 0) is 36.8 Å². The zero-order chi connectivity index (χ0) is 19.7. The molecule has 1 fully saturated rings. The van der Waals surface area contributed by atoms with Gasteiger partial charge in [-0.1, -0.05) is 29.5 Å². The van der Waals surface area contributed by atoms with Crippen molar-refractivity contribution in [2.45, 2.75) is 25.9 Å². The van der Waals surface area contributed by atoms with Crippen molar-refractivity contribution < 1.29 is 9.53 Å². The van der Waals surface area contributed by atoms with Gasteiger partial charge in [-0.2, -0.15) is 0 Å². The van der Waals surface area contributed by atoms with Crippen LogP contribution in [0.5, 0.6) is 5.19 Å². The van der Waals surface area contributed by atoms with E-state index in [9.17, 15) is 4.79 Å². The lowest BCUT2D eigenvalue weighted by atomic mass is 10.1. The van der Waals surface area contributed by atoms with Gasteiger partial charge in [0.1, 0.15) is 6.10 Å². The number of thiazole rings is 1. The number of para-hydroxylation sites is 1. The second-order valence-corrected chi connectivity index (χ2v) is 8.45. The van der Waals surface area contributed by atoms with Gasteiger partial charge in [-0.3, -0.25) is 4.79 Å². The summed E-state index contributed by atoms with van der Waals surface area (Å²) in [5.74, 6) is 0.0951. The number of aromatic nitrogens is 1. The number of carbonyl (C=O) groups is 1. The number of hydrogen-bond acceptors (Lipinski definition) is 5. The molecule has 28 heavy (non-hydrogen) atoms. The number of piperidine rings is 1. The molecule has 0 aliphatic carbocycles. The van der Waals surface area contributed by atoms with Gasteiger partial charge in [0.05, 0.1) is 10.2 Å². The summed E-state index contributed by atoms with van der Waals surface area (Å²) in [5.41, 5.74) is 3.97. The van der Waals surface area contributed by atoms with E-state index >= 15 is 0 Å². The average molecular weight is 396 g/mol. The summed E-state index contributed by atoms with van der Waals surface area (Å²) in [6, 6.07) is 14.0. The lowest BCUT2D eigenvalue weighted by Crippen LogP contribution is -2.41. The van der Waals surface area contributed by atoms with E-state index in [1.54, 1.807) is 11.3 Å². The Morgan fingerprint density at radius 3 is 2.64 bits per heavy atom. The number of amides is 1. The fourth-order valence-electron chi connectivity index (χ4n) is 3.54. The Morgan fingerprint density at radius 2 is 1.93 bits per heavy atom. The first kappa shape index (κ1) is 18.7. The number of hydrogen-bond donors (Lipinski definition) is 0. The lowest BCUT2D eigenvalue weighted by molar-refractivity contribution is 0.0595. The molecule has 0 spiro atoms. The van der Waals surface area contributed by atoms with Crippen molar-refractivity contribution in [2.75, 3.05) is 32.1 Å². The minimum atomic E-state index is 0.0951. The first-order valence-corrected chi connectivity index (χ1v) is 10.4. The standard InChI is InChI=1S/C22H25N3O2S/c1-15-6-4-9-19-20(15)23-22(28-19)27-18-10-12-25(13-11-18)21(26)16-7-5-8-17(14-16)24(2)3/h4-9,14,18H,10-13H2,1-3H3. The number of carbonyl (C=O) groups excluding carboxylic acids is 1. The van der Waals surface area contributed by atoms with Gasteiger partial charge in [0, 0.05) is 51.3 Å². The van der Waals surface area contributed by atoms with E-state index in [0.29, 0.717) is 13.1 Å². The van der Waals surface area contributed by atoms with E-state index in [-0.39, 0.29) is 12.0 Å². The molecule has 5 nitrogen and oxygen atoms in total. The van der Waals surface area contributed by atoms with Gasteiger partial charge in [0.25, 0.3) is 11.1 Å². The van der Waals surface area contributed by atoms with E-state index in [0.717, 1.165) is 39.5 Å². The number of likely N-dealkylation sites (tertiary alicyclic amines) is 1. The predicted octanol–water partition coefficient (Wildman–Crippen LogP) is 4.35. The highest BCUT2D eigenvalue weighted by Crippen LogP contribution is 2.31. The molecule has 3 aromatic rings. The third-order valence-corrected chi connectivity index (χ3v) is 6.12. The molecule has 1 amide bonds.